The second kappa shape index (κ2) is 8.15. The summed E-state index contributed by atoms with van der Waals surface area (Å²) in [5.74, 6) is -1.78. The van der Waals surface area contributed by atoms with Crippen molar-refractivity contribution in [1.82, 2.24) is 4.90 Å². The molecule has 2 aliphatic rings. The molecule has 0 bridgehead atoms. The average molecular weight is 428 g/mol. The highest BCUT2D eigenvalue weighted by Crippen LogP contribution is 2.44. The molecule has 1 N–H and O–H groups in total. The maximum atomic E-state index is 12.9. The molecule has 2 atom stereocenters. The van der Waals surface area contributed by atoms with Crippen LogP contribution in [-0.4, -0.2) is 41.8 Å². The zero-order valence-electron chi connectivity index (χ0n) is 17.9. The first kappa shape index (κ1) is 20.3. The first-order valence-corrected chi connectivity index (χ1v) is 10.9. The van der Waals surface area contributed by atoms with E-state index in [0.717, 1.165) is 22.3 Å². The van der Waals surface area contributed by atoms with Crippen LogP contribution in [0.15, 0.2) is 72.8 Å². The zero-order chi connectivity index (χ0) is 22.2. The smallest absolute Gasteiger partial charge is 0.409 e. The number of benzene rings is 3. The predicted octanol–water partition coefficient (Wildman–Crippen LogP) is 5.04. The van der Waals surface area contributed by atoms with Crippen LogP contribution in [0.4, 0.5) is 4.79 Å². The van der Waals surface area contributed by atoms with Gasteiger partial charge in [-0.1, -0.05) is 78.4 Å². The fraction of sp³-hybridized carbons (Fsp3) is 0.259. The Morgan fingerprint density at radius 1 is 0.906 bits per heavy atom. The average Bonchev–Trinajstić information content (AvgIpc) is 3.39. The van der Waals surface area contributed by atoms with Gasteiger partial charge >= 0.3 is 12.1 Å². The predicted molar refractivity (Wildman–Crippen MR) is 122 cm³/mol. The van der Waals surface area contributed by atoms with Gasteiger partial charge in [-0.05, 0) is 34.7 Å². The number of carbonyl (C=O) groups is 2. The van der Waals surface area contributed by atoms with E-state index >= 15 is 0 Å². The molecular weight excluding hydrogens is 402 g/mol. The van der Waals surface area contributed by atoms with Gasteiger partial charge in [0.15, 0.2) is 0 Å². The summed E-state index contributed by atoms with van der Waals surface area (Å²) in [4.78, 5) is 26.4. The normalized spacial score (nSPS) is 19.5. The number of carboxylic acids is 1. The van der Waals surface area contributed by atoms with Crippen LogP contribution in [-0.2, 0) is 9.53 Å². The number of rotatable bonds is 4. The van der Waals surface area contributed by atoms with E-state index in [4.69, 9.17) is 4.74 Å². The number of likely N-dealkylation sites (tertiary alicyclic amines) is 1. The Morgan fingerprint density at radius 3 is 2.09 bits per heavy atom. The second-order valence-electron chi connectivity index (χ2n) is 8.67. The Kier molecular flexibility index (Phi) is 5.17. The molecule has 1 aliphatic heterocycles. The standard InChI is InChI=1S/C27H25NO4/c1-17-10-12-18(13-11-17)23-14-28(15-24(23)26(29)30)27(31)32-16-25-21-8-4-2-6-19(21)20-7-3-5-9-22(20)25/h2-13,23-25H,14-16H2,1H3,(H,29,30)/t23-,24?/m0/s1. The highest BCUT2D eigenvalue weighted by atomic mass is 16.6. The van der Waals surface area contributed by atoms with E-state index in [1.165, 1.54) is 16.0 Å². The van der Waals surface area contributed by atoms with Gasteiger partial charge in [0, 0.05) is 24.9 Å². The minimum absolute atomic E-state index is 0.0166. The SMILES string of the molecule is Cc1ccc([C@@H]2CN(C(=O)OCC3c4ccccc4-c4ccccc43)CC2C(=O)O)cc1. The quantitative estimate of drug-likeness (QED) is 0.633. The van der Waals surface area contributed by atoms with Crippen molar-refractivity contribution < 1.29 is 19.4 Å². The van der Waals surface area contributed by atoms with E-state index in [-0.39, 0.29) is 25.0 Å². The van der Waals surface area contributed by atoms with Crippen LogP contribution in [0.5, 0.6) is 0 Å². The van der Waals surface area contributed by atoms with Gasteiger partial charge in [0.1, 0.15) is 6.61 Å². The summed E-state index contributed by atoms with van der Waals surface area (Å²) in [5, 5.41) is 9.74. The molecule has 1 unspecified atom stereocenters. The molecule has 1 saturated heterocycles. The van der Waals surface area contributed by atoms with Gasteiger partial charge in [-0.15, -0.1) is 0 Å². The number of carboxylic acid groups (broad SMARTS) is 1. The topological polar surface area (TPSA) is 66.8 Å². The Hall–Kier alpha value is -3.60. The van der Waals surface area contributed by atoms with E-state index in [2.05, 4.69) is 24.3 Å². The van der Waals surface area contributed by atoms with Crippen molar-refractivity contribution in [3.63, 3.8) is 0 Å². The van der Waals surface area contributed by atoms with E-state index in [0.29, 0.717) is 6.54 Å². The number of aryl methyl sites for hydroxylation is 1. The van der Waals surface area contributed by atoms with Crippen molar-refractivity contribution in [2.45, 2.75) is 18.8 Å². The van der Waals surface area contributed by atoms with E-state index in [1.54, 1.807) is 0 Å². The first-order chi connectivity index (χ1) is 15.5. The molecule has 0 spiro atoms. The van der Waals surface area contributed by atoms with Gasteiger partial charge in [0.05, 0.1) is 5.92 Å². The van der Waals surface area contributed by atoms with Gasteiger partial charge in [0.25, 0.3) is 0 Å². The molecule has 0 aromatic heterocycles. The van der Waals surface area contributed by atoms with Crippen molar-refractivity contribution in [2.75, 3.05) is 19.7 Å². The van der Waals surface area contributed by atoms with Crippen LogP contribution in [0.25, 0.3) is 11.1 Å². The van der Waals surface area contributed by atoms with Crippen LogP contribution in [0.2, 0.25) is 0 Å². The Balaban J connectivity index is 1.32. The molecule has 1 amide bonds. The summed E-state index contributed by atoms with van der Waals surface area (Å²) in [6.07, 6.45) is -0.451. The fourth-order valence-electron chi connectivity index (χ4n) is 5.04. The van der Waals surface area contributed by atoms with Crippen LogP contribution in [0.3, 0.4) is 0 Å². The van der Waals surface area contributed by atoms with Gasteiger partial charge < -0.3 is 14.7 Å². The largest absolute Gasteiger partial charge is 0.481 e. The molecule has 3 aromatic rings. The maximum absolute atomic E-state index is 12.9. The summed E-state index contributed by atoms with van der Waals surface area (Å²) >= 11 is 0. The summed E-state index contributed by atoms with van der Waals surface area (Å²) in [6.45, 7) is 2.73. The second-order valence-corrected chi connectivity index (χ2v) is 8.67. The van der Waals surface area contributed by atoms with Crippen LogP contribution < -0.4 is 0 Å². The van der Waals surface area contributed by atoms with Crippen molar-refractivity contribution in [2.24, 2.45) is 5.92 Å². The Bertz CT molecular complexity index is 1120. The van der Waals surface area contributed by atoms with Crippen molar-refractivity contribution in [1.29, 1.82) is 0 Å². The highest BCUT2D eigenvalue weighted by Gasteiger charge is 2.41. The molecule has 1 fully saturated rings. The number of aliphatic carboxylic acids is 1. The van der Waals surface area contributed by atoms with Gasteiger partial charge in [-0.2, -0.15) is 0 Å². The fourth-order valence-corrected chi connectivity index (χ4v) is 5.04. The molecule has 5 heteroatoms. The highest BCUT2D eigenvalue weighted by molar-refractivity contribution is 5.79. The third-order valence-electron chi connectivity index (χ3n) is 6.74. The van der Waals surface area contributed by atoms with Crippen LogP contribution in [0.1, 0.15) is 34.1 Å². The molecule has 1 aliphatic carbocycles. The molecule has 0 radical (unpaired) electrons. The van der Waals surface area contributed by atoms with Gasteiger partial charge in [0.2, 0.25) is 0 Å². The minimum atomic E-state index is -0.885. The molecule has 32 heavy (non-hydrogen) atoms. The third kappa shape index (κ3) is 3.54. The number of fused-ring (bicyclic) bond motifs is 3. The lowest BCUT2D eigenvalue weighted by atomic mass is 9.89. The summed E-state index contributed by atoms with van der Waals surface area (Å²) in [6, 6.07) is 24.3. The minimum Gasteiger partial charge on any atom is -0.481 e. The monoisotopic (exact) mass is 427 g/mol. The summed E-state index contributed by atoms with van der Waals surface area (Å²) in [7, 11) is 0. The lowest BCUT2D eigenvalue weighted by Crippen LogP contribution is -2.31. The van der Waals surface area contributed by atoms with Crippen molar-refractivity contribution in [3.8, 4) is 11.1 Å². The third-order valence-corrected chi connectivity index (χ3v) is 6.74. The zero-order valence-corrected chi connectivity index (χ0v) is 17.9. The van der Waals surface area contributed by atoms with E-state index in [1.807, 2.05) is 55.5 Å². The lowest BCUT2D eigenvalue weighted by molar-refractivity contribution is -0.141. The molecule has 3 aromatic carbocycles. The van der Waals surface area contributed by atoms with Gasteiger partial charge in [-0.25, -0.2) is 4.79 Å². The molecule has 162 valence electrons. The lowest BCUT2D eigenvalue weighted by Gasteiger charge is -2.19. The maximum Gasteiger partial charge on any atom is 0.409 e. The number of hydrogen-bond donors (Lipinski definition) is 1. The first-order valence-electron chi connectivity index (χ1n) is 10.9. The molecule has 1 heterocycles. The van der Waals surface area contributed by atoms with E-state index < -0.39 is 18.0 Å². The van der Waals surface area contributed by atoms with Crippen molar-refractivity contribution >= 4 is 12.1 Å². The number of amides is 1. The summed E-state index contributed by atoms with van der Waals surface area (Å²) in [5.41, 5.74) is 6.73. The molecular formula is C27H25NO4. The van der Waals surface area contributed by atoms with E-state index in [9.17, 15) is 14.7 Å². The molecule has 5 nitrogen and oxygen atoms in total. The van der Waals surface area contributed by atoms with Crippen LogP contribution in [0, 0.1) is 12.8 Å². The summed E-state index contributed by atoms with van der Waals surface area (Å²) < 4.78 is 5.75. The van der Waals surface area contributed by atoms with Crippen LogP contribution >= 0.6 is 0 Å². The molecule has 0 saturated carbocycles. The number of nitrogens with zero attached hydrogens (tertiary/aromatic N) is 1. The van der Waals surface area contributed by atoms with Crippen molar-refractivity contribution in [3.05, 3.63) is 95.1 Å². The Labute approximate surface area is 187 Å². The van der Waals surface area contributed by atoms with Gasteiger partial charge in [-0.3, -0.25) is 4.79 Å². The Morgan fingerprint density at radius 2 is 1.50 bits per heavy atom. The number of hydrogen-bond acceptors (Lipinski definition) is 3. The number of carbonyl (C=O) groups excluding carboxylic acids is 1. The number of ether oxygens (including phenoxy) is 1. The molecule has 5 rings (SSSR count).